The maximum Gasteiger partial charge on any atom is 0.261 e. The van der Waals surface area contributed by atoms with Gasteiger partial charge in [-0.2, -0.15) is 0 Å². The lowest BCUT2D eigenvalue weighted by Gasteiger charge is -2.24. The van der Waals surface area contributed by atoms with Gasteiger partial charge in [0, 0.05) is 37.5 Å². The van der Waals surface area contributed by atoms with Crippen LogP contribution in [0.15, 0.2) is 48.8 Å². The van der Waals surface area contributed by atoms with Gasteiger partial charge in [0.25, 0.3) is 5.91 Å². The van der Waals surface area contributed by atoms with E-state index in [1.54, 1.807) is 42.5 Å². The van der Waals surface area contributed by atoms with Gasteiger partial charge in [0.15, 0.2) is 5.82 Å². The van der Waals surface area contributed by atoms with Crippen molar-refractivity contribution in [2.24, 2.45) is 0 Å². The number of anilines is 4. The molecule has 0 unspecified atom stereocenters. The second kappa shape index (κ2) is 7.69. The second-order valence-corrected chi connectivity index (χ2v) is 10.5. The van der Waals surface area contributed by atoms with E-state index >= 15 is 0 Å². The van der Waals surface area contributed by atoms with Crippen LogP contribution in [0.25, 0.3) is 0 Å². The summed E-state index contributed by atoms with van der Waals surface area (Å²) in [5, 5.41) is 0. The van der Waals surface area contributed by atoms with Crippen LogP contribution in [0.1, 0.15) is 34.3 Å². The molecule has 0 bridgehead atoms. The van der Waals surface area contributed by atoms with Gasteiger partial charge in [0.05, 0.1) is 29.3 Å². The van der Waals surface area contributed by atoms with E-state index in [0.29, 0.717) is 47.5 Å². The van der Waals surface area contributed by atoms with Crippen LogP contribution in [0.5, 0.6) is 5.75 Å². The number of carbonyl (C=O) groups is 1. The molecule has 1 fully saturated rings. The third kappa shape index (κ3) is 3.54. The van der Waals surface area contributed by atoms with Gasteiger partial charge >= 0.3 is 0 Å². The Morgan fingerprint density at radius 3 is 2.82 bits per heavy atom. The molecule has 1 amide bonds. The normalized spacial score (nSPS) is 18.0. The van der Waals surface area contributed by atoms with Crippen molar-refractivity contribution in [2.75, 3.05) is 28.2 Å². The zero-order valence-electron chi connectivity index (χ0n) is 18.6. The molecule has 6 rings (SSSR count). The van der Waals surface area contributed by atoms with Crippen LogP contribution in [0, 0.1) is 0 Å². The van der Waals surface area contributed by atoms with Crippen molar-refractivity contribution < 1.29 is 17.9 Å². The molecule has 1 aromatic carbocycles. The highest BCUT2D eigenvalue weighted by molar-refractivity contribution is 7.92. The fraction of sp³-hybridized carbons (Fsp3) is 0.292. The summed E-state index contributed by atoms with van der Waals surface area (Å²) < 4.78 is 32.3. The van der Waals surface area contributed by atoms with Crippen LogP contribution in [0.2, 0.25) is 0 Å². The van der Waals surface area contributed by atoms with E-state index < -0.39 is 10.0 Å². The van der Waals surface area contributed by atoms with Crippen LogP contribution in [0.4, 0.5) is 23.0 Å². The Labute approximate surface area is 197 Å². The molecule has 174 valence electrons. The van der Waals surface area contributed by atoms with Gasteiger partial charge in [-0.15, -0.1) is 0 Å². The molecule has 3 aromatic rings. The van der Waals surface area contributed by atoms with Gasteiger partial charge in [0.1, 0.15) is 11.6 Å². The molecule has 0 spiro atoms. The van der Waals surface area contributed by atoms with E-state index in [4.69, 9.17) is 9.72 Å². The van der Waals surface area contributed by atoms with Gasteiger partial charge in [-0.1, -0.05) is 6.07 Å². The van der Waals surface area contributed by atoms with Gasteiger partial charge in [-0.25, -0.2) is 18.4 Å². The number of aromatic nitrogens is 2. The lowest BCUT2D eigenvalue weighted by atomic mass is 10.1. The average molecular weight is 478 g/mol. The van der Waals surface area contributed by atoms with E-state index in [-0.39, 0.29) is 11.7 Å². The van der Waals surface area contributed by atoms with Crippen molar-refractivity contribution in [1.82, 2.24) is 9.97 Å². The summed E-state index contributed by atoms with van der Waals surface area (Å²) >= 11 is 0. The van der Waals surface area contributed by atoms with E-state index in [9.17, 15) is 13.2 Å². The van der Waals surface area contributed by atoms with Crippen molar-refractivity contribution in [3.63, 3.8) is 0 Å². The number of benzene rings is 1. The number of amides is 1. The highest BCUT2D eigenvalue weighted by Gasteiger charge is 2.39. The summed E-state index contributed by atoms with van der Waals surface area (Å²) in [6, 6.07) is 11.2. The molecule has 0 saturated heterocycles. The van der Waals surface area contributed by atoms with Gasteiger partial charge in [-0.3, -0.25) is 9.52 Å². The number of nitrogens with zero attached hydrogens (tertiary/aromatic N) is 4. The SMILES string of the molecule is CN1C(=O)c2cc(CCOc3cccc4c3CS(=O)(=O)N4)cnc2N(C2CC2)c2ncccc21. The van der Waals surface area contributed by atoms with E-state index in [0.717, 1.165) is 29.9 Å². The fourth-order valence-electron chi connectivity index (χ4n) is 4.51. The number of carbonyl (C=O) groups excluding carboxylic acids is 1. The summed E-state index contributed by atoms with van der Waals surface area (Å²) in [5.41, 5.74) is 3.38. The highest BCUT2D eigenvalue weighted by Crippen LogP contribution is 2.44. The van der Waals surface area contributed by atoms with Crippen LogP contribution in [-0.4, -0.2) is 44.0 Å². The van der Waals surface area contributed by atoms with E-state index in [1.807, 2.05) is 18.2 Å². The lowest BCUT2D eigenvalue weighted by molar-refractivity contribution is 0.0994. The zero-order chi connectivity index (χ0) is 23.4. The Hall–Kier alpha value is -3.66. The topological polar surface area (TPSA) is 105 Å². The minimum Gasteiger partial charge on any atom is -0.493 e. The number of hydrogen-bond donors (Lipinski definition) is 1. The third-order valence-corrected chi connectivity index (χ3v) is 7.53. The number of rotatable bonds is 5. The number of ether oxygens (including phenoxy) is 1. The van der Waals surface area contributed by atoms with Crippen molar-refractivity contribution >= 4 is 38.9 Å². The minimum atomic E-state index is -3.35. The molecule has 1 saturated carbocycles. The van der Waals surface area contributed by atoms with Crippen LogP contribution in [-0.2, 0) is 22.2 Å². The van der Waals surface area contributed by atoms with E-state index in [2.05, 4.69) is 14.6 Å². The Kier molecular flexibility index (Phi) is 4.73. The molecule has 9 nitrogen and oxygen atoms in total. The maximum atomic E-state index is 13.4. The molecule has 3 aliphatic rings. The summed E-state index contributed by atoms with van der Waals surface area (Å²) in [6.45, 7) is 0.328. The standard InChI is InChI=1S/C24H23N5O4S/c1-28-20-5-3-10-25-23(20)29(16-7-8-16)22-17(24(28)30)12-15(13-26-22)9-11-33-21-6-2-4-19-18(21)14-34(31,32)27-19/h2-6,10,12-13,16,27H,7-9,11,14H2,1H3. The predicted molar refractivity (Wildman–Crippen MR) is 128 cm³/mol. The fourth-order valence-corrected chi connectivity index (χ4v) is 5.79. The number of pyridine rings is 2. The van der Waals surface area contributed by atoms with Crippen LogP contribution < -0.4 is 19.3 Å². The first-order valence-corrected chi connectivity index (χ1v) is 12.8. The predicted octanol–water partition coefficient (Wildman–Crippen LogP) is 3.24. The van der Waals surface area contributed by atoms with Crippen LogP contribution in [0.3, 0.4) is 0 Å². The van der Waals surface area contributed by atoms with Gasteiger partial charge in [-0.05, 0) is 48.7 Å². The highest BCUT2D eigenvalue weighted by atomic mass is 32.2. The third-order valence-electron chi connectivity index (χ3n) is 6.34. The second-order valence-electron chi connectivity index (χ2n) is 8.77. The maximum absolute atomic E-state index is 13.4. The van der Waals surface area contributed by atoms with Crippen molar-refractivity contribution in [1.29, 1.82) is 0 Å². The molecule has 2 aromatic heterocycles. The quantitative estimate of drug-likeness (QED) is 0.601. The Morgan fingerprint density at radius 1 is 1.15 bits per heavy atom. The van der Waals surface area contributed by atoms with Gasteiger partial charge in [0.2, 0.25) is 10.0 Å². The molecule has 34 heavy (non-hydrogen) atoms. The Morgan fingerprint density at radius 2 is 2.00 bits per heavy atom. The van der Waals surface area contributed by atoms with Crippen molar-refractivity contribution in [3.05, 3.63) is 65.5 Å². The molecule has 4 heterocycles. The smallest absolute Gasteiger partial charge is 0.261 e. The van der Waals surface area contributed by atoms with Crippen molar-refractivity contribution in [3.8, 4) is 5.75 Å². The molecule has 1 aliphatic carbocycles. The lowest BCUT2D eigenvalue weighted by Crippen LogP contribution is -2.25. The van der Waals surface area contributed by atoms with Gasteiger partial charge < -0.3 is 14.5 Å². The molecular formula is C24H23N5O4S. The Bertz CT molecular complexity index is 1420. The molecule has 0 radical (unpaired) electrons. The molecule has 0 atom stereocenters. The molecule has 10 heteroatoms. The number of hydrogen-bond acceptors (Lipinski definition) is 7. The molecule has 2 aliphatic heterocycles. The summed E-state index contributed by atoms with van der Waals surface area (Å²) in [6.07, 6.45) is 6.12. The molecule has 1 N–H and O–H groups in total. The first-order valence-electron chi connectivity index (χ1n) is 11.2. The Balaban J connectivity index is 1.26. The largest absolute Gasteiger partial charge is 0.493 e. The monoisotopic (exact) mass is 477 g/mol. The summed E-state index contributed by atoms with van der Waals surface area (Å²) in [7, 11) is -1.59. The summed E-state index contributed by atoms with van der Waals surface area (Å²) in [5.74, 6) is 1.72. The number of fused-ring (bicyclic) bond motifs is 3. The molecular weight excluding hydrogens is 454 g/mol. The average Bonchev–Trinajstić information content (AvgIpc) is 3.61. The van der Waals surface area contributed by atoms with E-state index in [1.165, 1.54) is 0 Å². The minimum absolute atomic E-state index is 0.0919. The van der Waals surface area contributed by atoms with Crippen LogP contribution >= 0.6 is 0 Å². The zero-order valence-corrected chi connectivity index (χ0v) is 19.4. The first kappa shape index (κ1) is 20.9. The number of sulfonamides is 1. The number of nitrogens with one attached hydrogen (secondary N) is 1. The summed E-state index contributed by atoms with van der Waals surface area (Å²) in [4.78, 5) is 26.4. The first-order chi connectivity index (χ1) is 16.4. The van der Waals surface area contributed by atoms with Crippen molar-refractivity contribution in [2.45, 2.75) is 31.1 Å².